The number of halogens is 3. The Labute approximate surface area is 164 Å². The summed E-state index contributed by atoms with van der Waals surface area (Å²) in [6.07, 6.45) is -1.51. The molecule has 9 heteroatoms. The van der Waals surface area contributed by atoms with E-state index in [0.29, 0.717) is 0 Å². The highest BCUT2D eigenvalue weighted by atomic mass is 19.1. The lowest BCUT2D eigenvalue weighted by atomic mass is 10.1. The summed E-state index contributed by atoms with van der Waals surface area (Å²) in [5, 5.41) is 2.14. The van der Waals surface area contributed by atoms with Crippen molar-refractivity contribution in [2.24, 2.45) is 5.92 Å². The monoisotopic (exact) mass is 406 g/mol. The Morgan fingerprint density at radius 1 is 1.14 bits per heavy atom. The Balaban J connectivity index is 1.61. The molecule has 0 bridgehead atoms. The second-order valence-corrected chi connectivity index (χ2v) is 6.55. The van der Waals surface area contributed by atoms with Crippen molar-refractivity contribution >= 4 is 29.2 Å². The van der Waals surface area contributed by atoms with Gasteiger partial charge in [-0.15, -0.1) is 0 Å². The molecule has 0 radical (unpaired) electrons. The topological polar surface area (TPSA) is 75.7 Å². The van der Waals surface area contributed by atoms with Crippen LogP contribution in [0.5, 0.6) is 0 Å². The van der Waals surface area contributed by atoms with Crippen LogP contribution >= 0.6 is 0 Å². The van der Waals surface area contributed by atoms with E-state index in [1.54, 1.807) is 6.07 Å². The van der Waals surface area contributed by atoms with Crippen molar-refractivity contribution in [2.75, 3.05) is 16.8 Å². The van der Waals surface area contributed by atoms with Crippen LogP contribution in [-0.4, -0.2) is 30.4 Å². The van der Waals surface area contributed by atoms with Gasteiger partial charge in [0.1, 0.15) is 17.5 Å². The van der Waals surface area contributed by atoms with E-state index in [1.165, 1.54) is 25.1 Å². The molecule has 0 saturated carbocycles. The van der Waals surface area contributed by atoms with E-state index in [0.717, 1.165) is 23.1 Å². The first-order valence-corrected chi connectivity index (χ1v) is 8.77. The van der Waals surface area contributed by atoms with Crippen LogP contribution in [-0.2, 0) is 19.1 Å². The molecule has 0 aliphatic carbocycles. The van der Waals surface area contributed by atoms with Crippen LogP contribution in [0.25, 0.3) is 0 Å². The Morgan fingerprint density at radius 3 is 2.59 bits per heavy atom. The summed E-state index contributed by atoms with van der Waals surface area (Å²) in [5.74, 6) is -5.21. The summed E-state index contributed by atoms with van der Waals surface area (Å²) in [7, 11) is 0. The van der Waals surface area contributed by atoms with Crippen LogP contribution in [0.4, 0.5) is 24.5 Å². The minimum absolute atomic E-state index is 0.0557. The molecule has 2 aromatic carbocycles. The van der Waals surface area contributed by atoms with E-state index in [1.807, 2.05) is 0 Å². The molecule has 0 spiro atoms. The van der Waals surface area contributed by atoms with Crippen molar-refractivity contribution in [3.8, 4) is 0 Å². The standard InChI is InChI=1S/C20H17F3N2O4/c1-11(19(27)24-16-9-13(21)6-7-14(16)22)29-20(28)12-8-18(26)25(10-12)17-5-3-2-4-15(17)23/h2-7,9,11-12H,8,10H2,1H3,(H,24,27)/t11-,12-/m1/s1. The number of esters is 1. The first-order chi connectivity index (χ1) is 13.8. The predicted molar refractivity (Wildman–Crippen MR) is 97.4 cm³/mol. The van der Waals surface area contributed by atoms with Gasteiger partial charge < -0.3 is 15.0 Å². The number of hydrogen-bond donors (Lipinski definition) is 1. The van der Waals surface area contributed by atoms with Crippen LogP contribution in [0, 0.1) is 23.4 Å². The van der Waals surface area contributed by atoms with E-state index >= 15 is 0 Å². The maximum atomic E-state index is 13.9. The molecular formula is C20H17F3N2O4. The quantitative estimate of drug-likeness (QED) is 0.775. The number of nitrogens with zero attached hydrogens (tertiary/aromatic N) is 1. The average molecular weight is 406 g/mol. The van der Waals surface area contributed by atoms with Crippen LogP contribution in [0.2, 0.25) is 0 Å². The lowest BCUT2D eigenvalue weighted by molar-refractivity contribution is -0.157. The molecule has 1 aliphatic heterocycles. The molecule has 1 N–H and O–H groups in total. The van der Waals surface area contributed by atoms with Gasteiger partial charge in [0, 0.05) is 19.0 Å². The lowest BCUT2D eigenvalue weighted by Crippen LogP contribution is -2.33. The molecule has 2 aromatic rings. The maximum absolute atomic E-state index is 13.9. The van der Waals surface area contributed by atoms with E-state index in [2.05, 4.69) is 5.32 Å². The first kappa shape index (κ1) is 20.4. The van der Waals surface area contributed by atoms with E-state index in [4.69, 9.17) is 4.74 Å². The smallest absolute Gasteiger partial charge is 0.312 e. The first-order valence-electron chi connectivity index (χ1n) is 8.77. The molecule has 3 rings (SSSR count). The number of benzene rings is 2. The number of carbonyl (C=O) groups is 3. The number of hydrogen-bond acceptors (Lipinski definition) is 4. The fraction of sp³-hybridized carbons (Fsp3) is 0.250. The van der Waals surface area contributed by atoms with Crippen LogP contribution in [0.1, 0.15) is 13.3 Å². The number of anilines is 2. The molecule has 0 unspecified atom stereocenters. The van der Waals surface area contributed by atoms with Gasteiger partial charge in [0.25, 0.3) is 5.91 Å². The molecule has 0 aromatic heterocycles. The number of rotatable bonds is 5. The van der Waals surface area contributed by atoms with Crippen molar-refractivity contribution in [3.05, 3.63) is 59.9 Å². The number of nitrogens with one attached hydrogen (secondary N) is 1. The largest absolute Gasteiger partial charge is 0.452 e. The van der Waals surface area contributed by atoms with Crippen LogP contribution in [0.3, 0.4) is 0 Å². The molecular weight excluding hydrogens is 389 g/mol. The van der Waals surface area contributed by atoms with Gasteiger partial charge in [-0.3, -0.25) is 14.4 Å². The molecule has 1 heterocycles. The van der Waals surface area contributed by atoms with Gasteiger partial charge in [-0.05, 0) is 31.2 Å². The summed E-state index contributed by atoms with van der Waals surface area (Å²) >= 11 is 0. The second-order valence-electron chi connectivity index (χ2n) is 6.55. The number of carbonyl (C=O) groups excluding carboxylic acids is 3. The normalized spacial score (nSPS) is 17.2. The molecule has 6 nitrogen and oxygen atoms in total. The van der Waals surface area contributed by atoms with Crippen molar-refractivity contribution in [1.29, 1.82) is 0 Å². The molecule has 29 heavy (non-hydrogen) atoms. The highest BCUT2D eigenvalue weighted by Crippen LogP contribution is 2.28. The van der Waals surface area contributed by atoms with Gasteiger partial charge in [0.2, 0.25) is 5.91 Å². The van der Waals surface area contributed by atoms with Gasteiger partial charge in [0.05, 0.1) is 17.3 Å². The zero-order chi connectivity index (χ0) is 21.1. The van der Waals surface area contributed by atoms with Crippen molar-refractivity contribution in [1.82, 2.24) is 0 Å². The van der Waals surface area contributed by atoms with Crippen LogP contribution < -0.4 is 10.2 Å². The summed E-state index contributed by atoms with van der Waals surface area (Å²) in [4.78, 5) is 37.8. The Kier molecular flexibility index (Phi) is 5.86. The Hall–Kier alpha value is -3.36. The van der Waals surface area contributed by atoms with Gasteiger partial charge in [-0.2, -0.15) is 0 Å². The summed E-state index contributed by atoms with van der Waals surface area (Å²) in [5.41, 5.74) is -0.333. The minimum Gasteiger partial charge on any atom is -0.452 e. The zero-order valence-corrected chi connectivity index (χ0v) is 15.3. The Morgan fingerprint density at radius 2 is 1.86 bits per heavy atom. The number of amides is 2. The fourth-order valence-electron chi connectivity index (χ4n) is 2.92. The zero-order valence-electron chi connectivity index (χ0n) is 15.3. The van der Waals surface area contributed by atoms with E-state index in [-0.39, 0.29) is 24.3 Å². The maximum Gasteiger partial charge on any atom is 0.312 e. The third-order valence-corrected chi connectivity index (χ3v) is 4.45. The number of ether oxygens (including phenoxy) is 1. The molecule has 2 atom stereocenters. The molecule has 1 fully saturated rings. The van der Waals surface area contributed by atoms with Crippen molar-refractivity contribution in [2.45, 2.75) is 19.4 Å². The van der Waals surface area contributed by atoms with Crippen molar-refractivity contribution in [3.63, 3.8) is 0 Å². The van der Waals surface area contributed by atoms with Gasteiger partial charge in [-0.25, -0.2) is 13.2 Å². The number of para-hydroxylation sites is 1. The van der Waals surface area contributed by atoms with E-state index in [9.17, 15) is 27.6 Å². The fourth-order valence-corrected chi connectivity index (χ4v) is 2.92. The van der Waals surface area contributed by atoms with Gasteiger partial charge >= 0.3 is 5.97 Å². The molecule has 1 aliphatic rings. The predicted octanol–water partition coefficient (Wildman–Crippen LogP) is 3.03. The third-order valence-electron chi connectivity index (χ3n) is 4.45. The molecule has 152 valence electrons. The van der Waals surface area contributed by atoms with Gasteiger partial charge in [0.15, 0.2) is 6.10 Å². The molecule has 1 saturated heterocycles. The summed E-state index contributed by atoms with van der Waals surface area (Å²) in [6, 6.07) is 8.21. The van der Waals surface area contributed by atoms with Gasteiger partial charge in [-0.1, -0.05) is 12.1 Å². The lowest BCUT2D eigenvalue weighted by Gasteiger charge is -2.18. The van der Waals surface area contributed by atoms with Crippen LogP contribution in [0.15, 0.2) is 42.5 Å². The Bertz CT molecular complexity index is 966. The summed E-state index contributed by atoms with van der Waals surface area (Å²) < 4.78 is 45.8. The third kappa shape index (κ3) is 4.56. The molecule has 2 amide bonds. The summed E-state index contributed by atoms with van der Waals surface area (Å²) in [6.45, 7) is 1.17. The van der Waals surface area contributed by atoms with E-state index < -0.39 is 47.3 Å². The average Bonchev–Trinajstić information content (AvgIpc) is 3.06. The highest BCUT2D eigenvalue weighted by molar-refractivity contribution is 6.00. The minimum atomic E-state index is -1.32. The SMILES string of the molecule is C[C@@H](OC(=O)[C@@H]1CC(=O)N(c2ccccc2F)C1)C(=O)Nc1cc(F)ccc1F. The second kappa shape index (κ2) is 8.34. The van der Waals surface area contributed by atoms with Crippen molar-refractivity contribution < 1.29 is 32.3 Å². The highest BCUT2D eigenvalue weighted by Gasteiger charge is 2.38.